The number of halogens is 2. The number of hydrogen-bond donors (Lipinski definition) is 1. The van der Waals surface area contributed by atoms with Crippen molar-refractivity contribution in [2.45, 2.75) is 13.0 Å². The van der Waals surface area contributed by atoms with Crippen molar-refractivity contribution in [2.75, 3.05) is 6.54 Å². The van der Waals surface area contributed by atoms with E-state index in [2.05, 4.69) is 22.8 Å². The number of rotatable bonds is 5. The van der Waals surface area contributed by atoms with Crippen LogP contribution < -0.4 is 5.32 Å². The molecule has 0 aliphatic carbocycles. The summed E-state index contributed by atoms with van der Waals surface area (Å²) in [6, 6.07) is 9.95. The van der Waals surface area contributed by atoms with Gasteiger partial charge in [-0.1, -0.05) is 41.4 Å². The minimum absolute atomic E-state index is 0.615. The van der Waals surface area contributed by atoms with Crippen LogP contribution in [0.1, 0.15) is 10.4 Å². The van der Waals surface area contributed by atoms with Crippen LogP contribution in [0.3, 0.4) is 0 Å². The van der Waals surface area contributed by atoms with Crippen molar-refractivity contribution in [3.8, 4) is 0 Å². The number of nitrogens with one attached hydrogen (secondary N) is 1. The molecule has 1 aromatic carbocycles. The number of hydrogen-bond acceptors (Lipinski definition) is 2. The molecule has 0 atom stereocenters. The molecule has 0 radical (unpaired) electrons. The van der Waals surface area contributed by atoms with Gasteiger partial charge in [0, 0.05) is 18.0 Å². The van der Waals surface area contributed by atoms with Gasteiger partial charge in [0.05, 0.1) is 10.0 Å². The van der Waals surface area contributed by atoms with Crippen LogP contribution >= 0.6 is 34.5 Å². The zero-order chi connectivity index (χ0) is 12.1. The zero-order valence-electron chi connectivity index (χ0n) is 9.25. The zero-order valence-corrected chi connectivity index (χ0v) is 11.6. The van der Waals surface area contributed by atoms with Crippen LogP contribution in [0.5, 0.6) is 0 Å². The summed E-state index contributed by atoms with van der Waals surface area (Å²) in [6.07, 6.45) is 1.05. The Bertz CT molecular complexity index is 468. The standard InChI is InChI=1S/C13H13Cl2NS/c14-12-5-1-3-10(13(12)15)9-16-7-6-11-4-2-8-17-11/h1-5,8,16H,6-7,9H2. The molecule has 0 saturated carbocycles. The van der Waals surface area contributed by atoms with E-state index in [-0.39, 0.29) is 0 Å². The van der Waals surface area contributed by atoms with E-state index >= 15 is 0 Å². The fourth-order valence-corrected chi connectivity index (χ4v) is 2.67. The summed E-state index contributed by atoms with van der Waals surface area (Å²) in [4.78, 5) is 1.40. The predicted octanol–water partition coefficient (Wildman–Crippen LogP) is 4.39. The number of benzene rings is 1. The largest absolute Gasteiger partial charge is 0.312 e. The Labute approximate surface area is 115 Å². The molecule has 1 nitrogen and oxygen atoms in total. The van der Waals surface area contributed by atoms with Crippen molar-refractivity contribution in [1.29, 1.82) is 0 Å². The van der Waals surface area contributed by atoms with Crippen molar-refractivity contribution in [3.63, 3.8) is 0 Å². The molecule has 1 N–H and O–H groups in total. The Morgan fingerprint density at radius 3 is 2.76 bits per heavy atom. The molecule has 1 aromatic heterocycles. The summed E-state index contributed by atoms with van der Waals surface area (Å²) in [6.45, 7) is 1.70. The summed E-state index contributed by atoms with van der Waals surface area (Å²) < 4.78 is 0. The quantitative estimate of drug-likeness (QED) is 0.804. The third-order valence-electron chi connectivity index (χ3n) is 2.48. The van der Waals surface area contributed by atoms with Crippen LogP contribution in [0.4, 0.5) is 0 Å². The fraction of sp³-hybridized carbons (Fsp3) is 0.231. The molecule has 17 heavy (non-hydrogen) atoms. The van der Waals surface area contributed by atoms with Gasteiger partial charge in [-0.15, -0.1) is 11.3 Å². The minimum Gasteiger partial charge on any atom is -0.312 e. The van der Waals surface area contributed by atoms with E-state index in [1.54, 1.807) is 17.4 Å². The van der Waals surface area contributed by atoms with Gasteiger partial charge in [-0.25, -0.2) is 0 Å². The summed E-state index contributed by atoms with van der Waals surface area (Å²) in [5.74, 6) is 0. The average Bonchev–Trinajstić information content (AvgIpc) is 2.83. The van der Waals surface area contributed by atoms with Gasteiger partial charge in [-0.3, -0.25) is 0 Å². The van der Waals surface area contributed by atoms with E-state index in [0.29, 0.717) is 10.0 Å². The second kappa shape index (κ2) is 6.41. The Balaban J connectivity index is 1.80. The molecule has 2 rings (SSSR count). The van der Waals surface area contributed by atoms with E-state index in [1.807, 2.05) is 12.1 Å². The third kappa shape index (κ3) is 3.71. The fourth-order valence-electron chi connectivity index (χ4n) is 1.57. The molecule has 0 aliphatic rings. The van der Waals surface area contributed by atoms with Gasteiger partial charge in [0.25, 0.3) is 0 Å². The molecule has 90 valence electrons. The van der Waals surface area contributed by atoms with Crippen molar-refractivity contribution in [3.05, 3.63) is 56.2 Å². The first kappa shape index (κ1) is 12.9. The minimum atomic E-state index is 0.615. The highest BCUT2D eigenvalue weighted by molar-refractivity contribution is 7.09. The van der Waals surface area contributed by atoms with Crippen molar-refractivity contribution in [1.82, 2.24) is 5.32 Å². The van der Waals surface area contributed by atoms with E-state index in [9.17, 15) is 0 Å². The molecule has 0 spiro atoms. The summed E-state index contributed by atoms with van der Waals surface area (Å²) >= 11 is 13.8. The van der Waals surface area contributed by atoms with Crippen LogP contribution in [0.15, 0.2) is 35.7 Å². The molecule has 4 heteroatoms. The van der Waals surface area contributed by atoms with Crippen LogP contribution in [0.25, 0.3) is 0 Å². The highest BCUT2D eigenvalue weighted by Gasteiger charge is 2.03. The Hall–Kier alpha value is -0.540. The topological polar surface area (TPSA) is 12.0 Å². The first-order valence-electron chi connectivity index (χ1n) is 5.43. The summed E-state index contributed by atoms with van der Waals surface area (Å²) in [5.41, 5.74) is 1.05. The van der Waals surface area contributed by atoms with Gasteiger partial charge in [0.15, 0.2) is 0 Å². The highest BCUT2D eigenvalue weighted by Crippen LogP contribution is 2.25. The third-order valence-corrected chi connectivity index (χ3v) is 4.27. The molecule has 1 heterocycles. The molecular formula is C13H13Cl2NS. The maximum atomic E-state index is 6.10. The molecule has 0 bridgehead atoms. The Morgan fingerprint density at radius 1 is 1.12 bits per heavy atom. The predicted molar refractivity (Wildman–Crippen MR) is 76.2 cm³/mol. The van der Waals surface area contributed by atoms with Gasteiger partial charge in [0.2, 0.25) is 0 Å². The van der Waals surface area contributed by atoms with Crippen molar-refractivity contribution < 1.29 is 0 Å². The molecule has 0 saturated heterocycles. The average molecular weight is 286 g/mol. The molecule has 2 aromatic rings. The lowest BCUT2D eigenvalue weighted by Gasteiger charge is -2.07. The molecule has 0 fully saturated rings. The highest BCUT2D eigenvalue weighted by atomic mass is 35.5. The van der Waals surface area contributed by atoms with Gasteiger partial charge in [0.1, 0.15) is 0 Å². The van der Waals surface area contributed by atoms with E-state index in [4.69, 9.17) is 23.2 Å². The maximum Gasteiger partial charge on any atom is 0.0637 e. The maximum absolute atomic E-state index is 6.10. The monoisotopic (exact) mass is 285 g/mol. The van der Waals surface area contributed by atoms with Crippen LogP contribution in [0, 0.1) is 0 Å². The van der Waals surface area contributed by atoms with Crippen LogP contribution in [0.2, 0.25) is 10.0 Å². The van der Waals surface area contributed by atoms with Crippen LogP contribution in [-0.2, 0) is 13.0 Å². The van der Waals surface area contributed by atoms with Gasteiger partial charge < -0.3 is 5.32 Å². The number of thiophene rings is 1. The lowest BCUT2D eigenvalue weighted by molar-refractivity contribution is 0.691. The smallest absolute Gasteiger partial charge is 0.0637 e. The first-order chi connectivity index (χ1) is 8.27. The van der Waals surface area contributed by atoms with E-state index in [0.717, 1.165) is 25.1 Å². The Kier molecular flexibility index (Phi) is 4.86. The van der Waals surface area contributed by atoms with Gasteiger partial charge in [-0.05, 0) is 29.5 Å². The lowest BCUT2D eigenvalue weighted by atomic mass is 10.2. The molecule has 0 aliphatic heterocycles. The first-order valence-corrected chi connectivity index (χ1v) is 7.07. The molecule has 0 amide bonds. The lowest BCUT2D eigenvalue weighted by Crippen LogP contribution is -2.16. The summed E-state index contributed by atoms with van der Waals surface area (Å²) in [7, 11) is 0. The molecular weight excluding hydrogens is 273 g/mol. The van der Waals surface area contributed by atoms with E-state index < -0.39 is 0 Å². The van der Waals surface area contributed by atoms with Gasteiger partial charge >= 0.3 is 0 Å². The SMILES string of the molecule is Clc1cccc(CNCCc2cccs2)c1Cl. The van der Waals surface area contributed by atoms with Crippen molar-refractivity contribution >= 4 is 34.5 Å². The normalized spacial score (nSPS) is 10.7. The van der Waals surface area contributed by atoms with Crippen molar-refractivity contribution in [2.24, 2.45) is 0 Å². The van der Waals surface area contributed by atoms with Crippen LogP contribution in [-0.4, -0.2) is 6.54 Å². The molecule has 0 unspecified atom stereocenters. The summed E-state index contributed by atoms with van der Waals surface area (Å²) in [5, 5.41) is 6.74. The second-order valence-electron chi connectivity index (χ2n) is 3.72. The van der Waals surface area contributed by atoms with Gasteiger partial charge in [-0.2, -0.15) is 0 Å². The second-order valence-corrected chi connectivity index (χ2v) is 5.54. The van der Waals surface area contributed by atoms with E-state index in [1.165, 1.54) is 4.88 Å². The Morgan fingerprint density at radius 2 is 2.00 bits per heavy atom.